The van der Waals surface area contributed by atoms with E-state index >= 15 is 0 Å². The Morgan fingerprint density at radius 3 is 2.00 bits per heavy atom. The molecule has 11 unspecified atom stereocenters. The van der Waals surface area contributed by atoms with Gasteiger partial charge in [0.15, 0.2) is 24.1 Å². The normalized spacial score (nSPS) is 30.6. The Labute approximate surface area is 353 Å². The van der Waals surface area contributed by atoms with Gasteiger partial charge in [0.1, 0.15) is 71.8 Å². The molecule has 0 spiro atoms. The first-order valence-electron chi connectivity index (χ1n) is 19.6. The molecule has 0 saturated carbocycles. The van der Waals surface area contributed by atoms with Crippen LogP contribution in [0.25, 0.3) is 11.1 Å². The second-order valence-corrected chi connectivity index (χ2v) is 15.7. The summed E-state index contributed by atoms with van der Waals surface area (Å²) in [5, 5.41) is 96.0. The third-order valence-electron chi connectivity index (χ3n) is 12.0. The SMILES string of the molecule is CNC1C(C)OC(O[C@H]2c3cc(C)c(C(=O)NC(C)C(=O)OC)c(O)c3-c3c(cc4c(c3O)C(=O)c3cc(OC)cc(O)c3C4=O)[C@@H]2O)C(O)C1OC1OC(C)C(O)C(O)C1O. The van der Waals surface area contributed by atoms with E-state index in [1.165, 1.54) is 40.0 Å². The summed E-state index contributed by atoms with van der Waals surface area (Å²) in [5.74, 6) is -5.84. The number of aliphatic hydroxyl groups is 5. The minimum atomic E-state index is -1.88. The van der Waals surface area contributed by atoms with Gasteiger partial charge in [-0.15, -0.1) is 0 Å². The highest BCUT2D eigenvalue weighted by Crippen LogP contribution is 2.57. The number of benzene rings is 3. The van der Waals surface area contributed by atoms with Crippen molar-refractivity contribution in [3.05, 3.63) is 68.8 Å². The predicted molar refractivity (Wildman–Crippen MR) is 210 cm³/mol. The maximum atomic E-state index is 14.1. The molecule has 0 bridgehead atoms. The molecule has 334 valence electrons. The molecule has 0 aromatic heterocycles. The number of aliphatic hydroxyl groups excluding tert-OH is 5. The van der Waals surface area contributed by atoms with Crippen molar-refractivity contribution >= 4 is 23.4 Å². The van der Waals surface area contributed by atoms with Crippen molar-refractivity contribution in [3.63, 3.8) is 0 Å². The summed E-state index contributed by atoms with van der Waals surface area (Å²) in [6.45, 7) is 5.82. The van der Waals surface area contributed by atoms with Gasteiger partial charge < -0.3 is 79.9 Å². The van der Waals surface area contributed by atoms with Crippen LogP contribution in [0.5, 0.6) is 23.0 Å². The van der Waals surface area contributed by atoms with Gasteiger partial charge in [-0.1, -0.05) is 6.07 Å². The van der Waals surface area contributed by atoms with Gasteiger partial charge in [-0.25, -0.2) is 4.79 Å². The van der Waals surface area contributed by atoms with Gasteiger partial charge in [-0.3, -0.25) is 14.4 Å². The standard InChI is InChI=1S/C42H48N2O18/c1-12-8-20-25(32(50)22(12)39(55)44-13(2)40(56)58-7)24-18(11-19-26(33(24)51)30(48)17-9-16(57-6)10-21(45)23(17)29(19)47)31(49)37(20)61-42-36(54)38(27(43-5)14(3)59-42)62-41-35(53)34(52)28(46)15(4)60-41/h8-11,13-15,27-28,31,34-38,41-43,45-46,49-54H,1-7H3,(H,44,55)/t13?,14?,15?,27?,28?,31-,34?,35?,36?,37-,38?,41?,42?/m0/s1. The van der Waals surface area contributed by atoms with Crippen molar-refractivity contribution in [2.75, 3.05) is 21.3 Å². The van der Waals surface area contributed by atoms with Gasteiger partial charge in [0.25, 0.3) is 5.91 Å². The van der Waals surface area contributed by atoms with Gasteiger partial charge in [-0.2, -0.15) is 0 Å². The number of likely N-dealkylation sites (N-methyl/N-ethyl adjacent to an activating group) is 1. The Morgan fingerprint density at radius 2 is 1.35 bits per heavy atom. The van der Waals surface area contributed by atoms with Gasteiger partial charge >= 0.3 is 5.97 Å². The third-order valence-corrected chi connectivity index (χ3v) is 12.0. The Morgan fingerprint density at radius 1 is 0.742 bits per heavy atom. The van der Waals surface area contributed by atoms with E-state index in [0.717, 1.165) is 19.2 Å². The van der Waals surface area contributed by atoms with Crippen molar-refractivity contribution in [1.82, 2.24) is 10.6 Å². The monoisotopic (exact) mass is 868 g/mol. The van der Waals surface area contributed by atoms with E-state index in [-0.39, 0.29) is 44.7 Å². The molecule has 20 nitrogen and oxygen atoms in total. The first-order chi connectivity index (χ1) is 29.3. The number of aromatic hydroxyl groups is 3. The summed E-state index contributed by atoms with van der Waals surface area (Å²) >= 11 is 0. The molecule has 20 heteroatoms. The summed E-state index contributed by atoms with van der Waals surface area (Å²) in [7, 11) is 3.94. The lowest BCUT2D eigenvalue weighted by molar-refractivity contribution is -0.348. The molecule has 1 amide bonds. The molecule has 2 heterocycles. The molecule has 4 aliphatic rings. The average Bonchev–Trinajstić information content (AvgIpc) is 3.23. The number of ketones is 2. The maximum Gasteiger partial charge on any atom is 0.328 e. The number of esters is 1. The number of carbonyl (C=O) groups excluding carboxylic acids is 4. The number of amides is 1. The zero-order valence-electron chi connectivity index (χ0n) is 34.5. The summed E-state index contributed by atoms with van der Waals surface area (Å²) < 4.78 is 34.1. The number of hydrogen-bond acceptors (Lipinski definition) is 19. The van der Waals surface area contributed by atoms with Crippen LogP contribution in [-0.2, 0) is 28.5 Å². The third kappa shape index (κ3) is 7.15. The van der Waals surface area contributed by atoms with Crippen molar-refractivity contribution in [3.8, 4) is 34.1 Å². The number of rotatable bonds is 9. The molecule has 3 aromatic carbocycles. The number of methoxy groups -OCH3 is 2. The van der Waals surface area contributed by atoms with Gasteiger partial charge in [0.2, 0.25) is 0 Å². The molecule has 2 aliphatic carbocycles. The van der Waals surface area contributed by atoms with Crippen LogP contribution in [0.15, 0.2) is 24.3 Å². The number of carbonyl (C=O) groups is 4. The van der Waals surface area contributed by atoms with E-state index in [0.29, 0.717) is 0 Å². The first kappa shape index (κ1) is 44.8. The maximum absolute atomic E-state index is 14.1. The fourth-order valence-corrected chi connectivity index (χ4v) is 8.70. The Kier molecular flexibility index (Phi) is 12.1. The summed E-state index contributed by atoms with van der Waals surface area (Å²) in [6, 6.07) is 2.76. The highest BCUT2D eigenvalue weighted by molar-refractivity contribution is 6.31. The molecule has 13 atom stereocenters. The van der Waals surface area contributed by atoms with E-state index in [1.54, 1.807) is 14.0 Å². The predicted octanol–water partition coefficient (Wildman–Crippen LogP) is -0.135. The highest BCUT2D eigenvalue weighted by Gasteiger charge is 2.52. The Bertz CT molecular complexity index is 2330. The fourth-order valence-electron chi connectivity index (χ4n) is 8.70. The lowest BCUT2D eigenvalue weighted by atomic mass is 9.74. The fraction of sp³-hybridized carbons (Fsp3) is 0.476. The summed E-state index contributed by atoms with van der Waals surface area (Å²) in [6.07, 6.45) is -16.5. The van der Waals surface area contributed by atoms with Crippen LogP contribution in [0.4, 0.5) is 0 Å². The van der Waals surface area contributed by atoms with Crippen LogP contribution in [0.1, 0.15) is 91.9 Å². The van der Waals surface area contributed by atoms with E-state index in [2.05, 4.69) is 10.6 Å². The lowest BCUT2D eigenvalue weighted by Crippen LogP contribution is -2.66. The number of aryl methyl sites for hydroxylation is 1. The molecule has 3 aromatic rings. The average molecular weight is 869 g/mol. The van der Waals surface area contributed by atoms with Crippen LogP contribution in [0.2, 0.25) is 0 Å². The number of ether oxygens (including phenoxy) is 6. The molecule has 7 rings (SSSR count). The van der Waals surface area contributed by atoms with Crippen LogP contribution >= 0.6 is 0 Å². The Hall–Kier alpha value is -5.26. The van der Waals surface area contributed by atoms with E-state index in [1.807, 2.05) is 0 Å². The number of phenolic OH excluding ortho intramolecular Hbond substituents is 3. The van der Waals surface area contributed by atoms with Crippen molar-refractivity contribution in [1.29, 1.82) is 0 Å². The zero-order chi connectivity index (χ0) is 45.4. The van der Waals surface area contributed by atoms with Crippen molar-refractivity contribution in [2.24, 2.45) is 0 Å². The van der Waals surface area contributed by atoms with Gasteiger partial charge in [-0.05, 0) is 63.6 Å². The van der Waals surface area contributed by atoms with Crippen LogP contribution in [-0.4, -0.2) is 153 Å². The van der Waals surface area contributed by atoms with Crippen molar-refractivity contribution < 1.29 is 88.5 Å². The second-order valence-electron chi connectivity index (χ2n) is 15.7. The molecular formula is C42H48N2O18. The quantitative estimate of drug-likeness (QED) is 0.0980. The second kappa shape index (κ2) is 16.8. The summed E-state index contributed by atoms with van der Waals surface area (Å²) in [4.78, 5) is 54.2. The van der Waals surface area contributed by atoms with Crippen molar-refractivity contribution in [2.45, 2.75) is 107 Å². The van der Waals surface area contributed by atoms with Gasteiger partial charge in [0, 0.05) is 28.3 Å². The minimum absolute atomic E-state index is 0.0255. The zero-order valence-corrected chi connectivity index (χ0v) is 34.5. The van der Waals surface area contributed by atoms with Crippen LogP contribution in [0.3, 0.4) is 0 Å². The smallest absolute Gasteiger partial charge is 0.328 e. The molecule has 2 saturated heterocycles. The molecule has 62 heavy (non-hydrogen) atoms. The molecule has 0 radical (unpaired) electrons. The van der Waals surface area contributed by atoms with Gasteiger partial charge in [0.05, 0.1) is 49.2 Å². The number of fused-ring (bicyclic) bond motifs is 5. The topological polar surface area (TPSA) is 310 Å². The first-order valence-corrected chi connectivity index (χ1v) is 19.6. The molecule has 10 N–H and O–H groups in total. The number of nitrogens with one attached hydrogen (secondary N) is 2. The van der Waals surface area contributed by atoms with E-state index in [4.69, 9.17) is 28.4 Å². The number of hydrogen-bond donors (Lipinski definition) is 10. The van der Waals surface area contributed by atoms with Crippen LogP contribution < -0.4 is 15.4 Å². The molecule has 2 fully saturated rings. The number of phenols is 3. The van der Waals surface area contributed by atoms with E-state index in [9.17, 15) is 60.0 Å². The highest BCUT2D eigenvalue weighted by atomic mass is 16.7. The Balaban J connectivity index is 1.36. The molecule has 2 aliphatic heterocycles. The molecular weight excluding hydrogens is 820 g/mol. The van der Waals surface area contributed by atoms with Crippen LogP contribution in [0, 0.1) is 6.92 Å². The largest absolute Gasteiger partial charge is 0.507 e. The lowest BCUT2D eigenvalue weighted by Gasteiger charge is -2.48. The minimum Gasteiger partial charge on any atom is -0.507 e. The summed E-state index contributed by atoms with van der Waals surface area (Å²) in [5.41, 5.74) is -3.09. The van der Waals surface area contributed by atoms with E-state index < -0.39 is 137 Å².